The van der Waals surface area contributed by atoms with E-state index < -0.39 is 0 Å². The van der Waals surface area contributed by atoms with Gasteiger partial charge in [0.2, 0.25) is 0 Å². The maximum Gasteiger partial charge on any atom is 0.338 e. The van der Waals surface area contributed by atoms with Crippen LogP contribution >= 0.6 is 0 Å². The van der Waals surface area contributed by atoms with Crippen LogP contribution in [0.5, 0.6) is 0 Å². The van der Waals surface area contributed by atoms with Gasteiger partial charge < -0.3 is 9.64 Å². The Hall–Kier alpha value is -2.99. The highest BCUT2D eigenvalue weighted by atomic mass is 16.5. The fraction of sp³-hybridized carbons (Fsp3) is 0.400. The standard InChI is InChI=1S/C25H30N4O2/c1-28(2)20-9-11-21(12-10-20)29-24(23(17-27-29)18-7-5-4-6-8-18)15-19-16-26-14-13-22(19)25(30)31-3/h4-8,13-14,16-17,20-21H,9-12,15H2,1-3H3. The lowest BCUT2D eigenvalue weighted by atomic mass is 9.90. The third-order valence-electron chi connectivity index (χ3n) is 6.39. The normalized spacial score (nSPS) is 18.8. The zero-order chi connectivity index (χ0) is 21.8. The van der Waals surface area contributed by atoms with Crippen molar-refractivity contribution in [2.45, 2.75) is 44.2 Å². The second-order valence-electron chi connectivity index (χ2n) is 8.44. The molecule has 0 N–H and O–H groups in total. The molecule has 3 aromatic rings. The molecule has 0 saturated heterocycles. The average molecular weight is 419 g/mol. The molecule has 0 amide bonds. The molecule has 1 fully saturated rings. The lowest BCUT2D eigenvalue weighted by Crippen LogP contribution is -2.33. The van der Waals surface area contributed by atoms with E-state index in [-0.39, 0.29) is 5.97 Å². The Morgan fingerprint density at radius 2 is 1.84 bits per heavy atom. The van der Waals surface area contributed by atoms with E-state index in [0.717, 1.165) is 48.1 Å². The minimum absolute atomic E-state index is 0.337. The van der Waals surface area contributed by atoms with Gasteiger partial charge in [0.25, 0.3) is 0 Å². The van der Waals surface area contributed by atoms with Crippen molar-refractivity contribution in [3.8, 4) is 11.1 Å². The summed E-state index contributed by atoms with van der Waals surface area (Å²) < 4.78 is 7.19. The molecular formula is C25H30N4O2. The van der Waals surface area contributed by atoms with Gasteiger partial charge in [0.05, 0.1) is 30.6 Å². The number of nitrogens with zero attached hydrogens (tertiary/aromatic N) is 4. The van der Waals surface area contributed by atoms with E-state index in [1.165, 1.54) is 7.11 Å². The summed E-state index contributed by atoms with van der Waals surface area (Å²) in [6.07, 6.45) is 10.5. The molecule has 0 unspecified atom stereocenters. The predicted molar refractivity (Wildman–Crippen MR) is 121 cm³/mol. The van der Waals surface area contributed by atoms with Crippen molar-refractivity contribution in [2.24, 2.45) is 0 Å². The van der Waals surface area contributed by atoms with Gasteiger partial charge in [0, 0.05) is 30.4 Å². The van der Waals surface area contributed by atoms with E-state index in [2.05, 4.69) is 40.8 Å². The molecule has 0 bridgehead atoms. The maximum absolute atomic E-state index is 12.3. The minimum atomic E-state index is -0.337. The summed E-state index contributed by atoms with van der Waals surface area (Å²) in [5.74, 6) is -0.337. The number of ether oxygens (including phenoxy) is 1. The number of benzene rings is 1. The molecule has 2 heterocycles. The van der Waals surface area contributed by atoms with Crippen LogP contribution in [0.3, 0.4) is 0 Å². The second kappa shape index (κ2) is 9.43. The summed E-state index contributed by atoms with van der Waals surface area (Å²) in [4.78, 5) is 18.9. The first-order valence-electron chi connectivity index (χ1n) is 10.9. The van der Waals surface area contributed by atoms with Crippen LogP contribution in [0, 0.1) is 0 Å². The third kappa shape index (κ3) is 4.54. The Bertz CT molecular complexity index is 1020. The lowest BCUT2D eigenvalue weighted by molar-refractivity contribution is 0.0599. The molecule has 0 radical (unpaired) electrons. The molecule has 1 aliphatic rings. The van der Waals surface area contributed by atoms with Crippen LogP contribution < -0.4 is 0 Å². The smallest absolute Gasteiger partial charge is 0.338 e. The van der Waals surface area contributed by atoms with Gasteiger partial charge in [-0.05, 0) is 57.0 Å². The van der Waals surface area contributed by atoms with Crippen molar-refractivity contribution in [3.05, 3.63) is 71.8 Å². The highest BCUT2D eigenvalue weighted by Crippen LogP contribution is 2.35. The molecule has 0 aliphatic heterocycles. The highest BCUT2D eigenvalue weighted by Gasteiger charge is 2.27. The van der Waals surface area contributed by atoms with Crippen molar-refractivity contribution in [3.63, 3.8) is 0 Å². The molecule has 0 atom stereocenters. The Morgan fingerprint density at radius 3 is 2.52 bits per heavy atom. The van der Waals surface area contributed by atoms with Crippen molar-refractivity contribution < 1.29 is 9.53 Å². The predicted octanol–water partition coefficient (Wildman–Crippen LogP) is 4.37. The summed E-state index contributed by atoms with van der Waals surface area (Å²) in [6.45, 7) is 0. The lowest BCUT2D eigenvalue weighted by Gasteiger charge is -2.33. The summed E-state index contributed by atoms with van der Waals surface area (Å²) in [7, 11) is 5.73. The van der Waals surface area contributed by atoms with Crippen LogP contribution in [-0.2, 0) is 11.2 Å². The van der Waals surface area contributed by atoms with E-state index in [1.54, 1.807) is 18.5 Å². The molecule has 0 spiro atoms. The van der Waals surface area contributed by atoms with Crippen LogP contribution in [0.15, 0.2) is 55.0 Å². The zero-order valence-electron chi connectivity index (χ0n) is 18.5. The first-order chi connectivity index (χ1) is 15.1. The second-order valence-corrected chi connectivity index (χ2v) is 8.44. The van der Waals surface area contributed by atoms with Crippen LogP contribution in [-0.4, -0.2) is 52.9 Å². The first kappa shape index (κ1) is 21.2. The zero-order valence-corrected chi connectivity index (χ0v) is 18.5. The molecule has 1 saturated carbocycles. The topological polar surface area (TPSA) is 60.2 Å². The quantitative estimate of drug-likeness (QED) is 0.557. The number of rotatable bonds is 6. The molecular weight excluding hydrogens is 388 g/mol. The fourth-order valence-electron chi connectivity index (χ4n) is 4.61. The number of pyridine rings is 1. The Morgan fingerprint density at radius 1 is 1.10 bits per heavy atom. The Labute approximate surface area is 183 Å². The number of carbonyl (C=O) groups is 1. The van der Waals surface area contributed by atoms with Gasteiger partial charge in [-0.15, -0.1) is 0 Å². The van der Waals surface area contributed by atoms with Crippen molar-refractivity contribution in [1.29, 1.82) is 0 Å². The molecule has 6 heteroatoms. The van der Waals surface area contributed by atoms with Gasteiger partial charge in [0.1, 0.15) is 0 Å². The van der Waals surface area contributed by atoms with Gasteiger partial charge in [-0.25, -0.2) is 4.79 Å². The molecule has 162 valence electrons. The number of hydrogen-bond donors (Lipinski definition) is 0. The van der Waals surface area contributed by atoms with E-state index in [9.17, 15) is 4.79 Å². The maximum atomic E-state index is 12.3. The number of esters is 1. The first-order valence-corrected chi connectivity index (χ1v) is 10.9. The minimum Gasteiger partial charge on any atom is -0.465 e. The van der Waals surface area contributed by atoms with E-state index in [0.29, 0.717) is 24.1 Å². The Kier molecular flexibility index (Phi) is 6.47. The van der Waals surface area contributed by atoms with E-state index >= 15 is 0 Å². The summed E-state index contributed by atoms with van der Waals surface area (Å²) in [5, 5.41) is 4.84. The van der Waals surface area contributed by atoms with Gasteiger partial charge in [-0.2, -0.15) is 5.10 Å². The number of methoxy groups -OCH3 is 1. The van der Waals surface area contributed by atoms with Crippen LogP contribution in [0.1, 0.15) is 53.3 Å². The van der Waals surface area contributed by atoms with Crippen LogP contribution in [0.4, 0.5) is 0 Å². The molecule has 2 aromatic heterocycles. The van der Waals surface area contributed by atoms with Crippen molar-refractivity contribution in [1.82, 2.24) is 19.7 Å². The highest BCUT2D eigenvalue weighted by molar-refractivity contribution is 5.91. The molecule has 4 rings (SSSR count). The largest absolute Gasteiger partial charge is 0.465 e. The van der Waals surface area contributed by atoms with Gasteiger partial charge in [-0.1, -0.05) is 30.3 Å². The molecule has 1 aromatic carbocycles. The third-order valence-corrected chi connectivity index (χ3v) is 6.39. The summed E-state index contributed by atoms with van der Waals surface area (Å²) >= 11 is 0. The van der Waals surface area contributed by atoms with Gasteiger partial charge in [0.15, 0.2) is 0 Å². The van der Waals surface area contributed by atoms with Crippen LogP contribution in [0.25, 0.3) is 11.1 Å². The van der Waals surface area contributed by atoms with E-state index in [1.807, 2.05) is 24.4 Å². The van der Waals surface area contributed by atoms with Crippen molar-refractivity contribution in [2.75, 3.05) is 21.2 Å². The SMILES string of the molecule is COC(=O)c1ccncc1Cc1c(-c2ccccc2)cnn1C1CCC(N(C)C)CC1. The van der Waals surface area contributed by atoms with Gasteiger partial charge in [-0.3, -0.25) is 9.67 Å². The van der Waals surface area contributed by atoms with Gasteiger partial charge >= 0.3 is 5.97 Å². The molecule has 1 aliphatic carbocycles. The molecule has 31 heavy (non-hydrogen) atoms. The van der Waals surface area contributed by atoms with Crippen molar-refractivity contribution >= 4 is 5.97 Å². The fourth-order valence-corrected chi connectivity index (χ4v) is 4.61. The monoisotopic (exact) mass is 418 g/mol. The Balaban J connectivity index is 1.72. The number of aromatic nitrogens is 3. The number of carbonyl (C=O) groups excluding carboxylic acids is 1. The molecule has 6 nitrogen and oxygen atoms in total. The average Bonchev–Trinajstić information content (AvgIpc) is 3.23. The summed E-state index contributed by atoms with van der Waals surface area (Å²) in [5.41, 5.74) is 4.78. The number of hydrogen-bond acceptors (Lipinski definition) is 5. The summed E-state index contributed by atoms with van der Waals surface area (Å²) in [6, 6.07) is 13.1. The van der Waals surface area contributed by atoms with Crippen LogP contribution in [0.2, 0.25) is 0 Å². The van der Waals surface area contributed by atoms with E-state index in [4.69, 9.17) is 9.84 Å².